The summed E-state index contributed by atoms with van der Waals surface area (Å²) >= 11 is 1.88. The predicted molar refractivity (Wildman–Crippen MR) is 138 cm³/mol. The van der Waals surface area contributed by atoms with Gasteiger partial charge in [-0.2, -0.15) is 13.2 Å². The second-order valence-corrected chi connectivity index (χ2v) is 10.0. The lowest BCUT2D eigenvalue weighted by atomic mass is 10.00. The van der Waals surface area contributed by atoms with Gasteiger partial charge in [-0.1, -0.05) is 0 Å². The third-order valence-corrected chi connectivity index (χ3v) is 7.32. The van der Waals surface area contributed by atoms with Gasteiger partial charge >= 0.3 is 6.18 Å². The maximum Gasteiger partial charge on any atom is 0.416 e. The minimum atomic E-state index is -4.60. The summed E-state index contributed by atoms with van der Waals surface area (Å²) in [7, 11) is 1.80. The Morgan fingerprint density at radius 2 is 1.72 bits per heavy atom. The number of alkyl halides is 3. The third kappa shape index (κ3) is 4.33. The van der Waals surface area contributed by atoms with Crippen molar-refractivity contribution in [2.24, 2.45) is 0 Å². The number of nitrogens with zero attached hydrogens (tertiary/aromatic N) is 3. The lowest BCUT2D eigenvalue weighted by molar-refractivity contribution is -0.137. The zero-order chi connectivity index (χ0) is 25.8. The zero-order valence-electron chi connectivity index (χ0n) is 19.1. The van der Waals surface area contributed by atoms with Crippen molar-refractivity contribution in [3.05, 3.63) is 78.9 Å². The molecule has 2 aromatic carbocycles. The van der Waals surface area contributed by atoms with Crippen molar-refractivity contribution in [3.8, 4) is 0 Å². The van der Waals surface area contributed by atoms with Crippen molar-refractivity contribution >= 4 is 51.4 Å². The number of carbonyl (C=O) groups excluding carboxylic acids is 1. The molecule has 2 bridgehead atoms. The van der Waals surface area contributed by atoms with E-state index in [1.807, 2.05) is 27.5 Å². The fourth-order valence-corrected chi connectivity index (χ4v) is 5.14. The van der Waals surface area contributed by atoms with Crippen molar-refractivity contribution in [2.75, 3.05) is 35.0 Å². The average molecular weight is 612 g/mol. The highest BCUT2D eigenvalue weighted by molar-refractivity contribution is 14.1. The van der Waals surface area contributed by atoms with Crippen LogP contribution in [0.3, 0.4) is 0 Å². The molecule has 11 heteroatoms. The molecule has 5 rings (SSSR count). The fourth-order valence-electron chi connectivity index (χ4n) is 4.71. The van der Waals surface area contributed by atoms with Crippen molar-refractivity contribution in [1.29, 1.82) is 0 Å². The normalized spacial score (nSPS) is 16.1. The molecule has 0 atom stereocenters. The molecule has 2 aliphatic heterocycles. The Balaban J connectivity index is 1.78. The minimum Gasteiger partial charge on any atom is -0.359 e. The second kappa shape index (κ2) is 9.09. The molecular formula is C25H21F4IN4O2. The Morgan fingerprint density at radius 3 is 2.47 bits per heavy atom. The van der Waals surface area contributed by atoms with Gasteiger partial charge in [0.05, 0.1) is 26.1 Å². The van der Waals surface area contributed by atoms with Crippen molar-refractivity contribution in [2.45, 2.75) is 25.4 Å². The molecule has 0 saturated heterocycles. The van der Waals surface area contributed by atoms with Gasteiger partial charge in [0.25, 0.3) is 11.5 Å². The SMILES string of the molecule is CN1CCCCc2cc(F)ccc2N2CN(C(=O)c3ccc(C(F)(F)F)cc32)c2cc(I)c(=O)[nH]c21. The van der Waals surface area contributed by atoms with E-state index in [9.17, 15) is 27.2 Å². The molecule has 1 aromatic heterocycles. The van der Waals surface area contributed by atoms with E-state index in [0.29, 0.717) is 52.1 Å². The van der Waals surface area contributed by atoms with Gasteiger partial charge in [0, 0.05) is 19.3 Å². The van der Waals surface area contributed by atoms with Gasteiger partial charge in [0.15, 0.2) is 0 Å². The number of nitrogens with one attached hydrogen (secondary N) is 1. The number of aromatic amines is 1. The Morgan fingerprint density at radius 1 is 0.944 bits per heavy atom. The first-order chi connectivity index (χ1) is 17.0. The maximum absolute atomic E-state index is 14.2. The van der Waals surface area contributed by atoms with Crippen molar-refractivity contribution < 1.29 is 22.4 Å². The van der Waals surface area contributed by atoms with Crippen molar-refractivity contribution in [3.63, 3.8) is 0 Å². The Bertz CT molecular complexity index is 1420. The van der Waals surface area contributed by atoms with E-state index in [1.54, 1.807) is 18.0 Å². The van der Waals surface area contributed by atoms with Crippen LogP contribution in [0.4, 0.5) is 40.4 Å². The van der Waals surface area contributed by atoms with Crippen LogP contribution < -0.4 is 20.3 Å². The van der Waals surface area contributed by atoms with E-state index >= 15 is 0 Å². The number of hydrogen-bond acceptors (Lipinski definition) is 4. The molecular weight excluding hydrogens is 591 g/mol. The number of anilines is 4. The highest BCUT2D eigenvalue weighted by atomic mass is 127. The quantitative estimate of drug-likeness (QED) is 0.263. The van der Waals surface area contributed by atoms with Gasteiger partial charge in [-0.3, -0.25) is 14.5 Å². The number of halogens is 5. The molecule has 1 N–H and O–H groups in total. The minimum absolute atomic E-state index is 0.0800. The topological polar surface area (TPSA) is 59.6 Å². The first kappa shape index (κ1) is 24.6. The van der Waals surface area contributed by atoms with Crippen LogP contribution in [-0.4, -0.2) is 31.2 Å². The number of H-pyrrole nitrogens is 1. The second-order valence-electron chi connectivity index (χ2n) is 8.86. The molecule has 0 aliphatic carbocycles. The number of amides is 1. The van der Waals surface area contributed by atoms with E-state index in [1.165, 1.54) is 29.2 Å². The standard InChI is InChI=1S/C25H21F4IN4O2/c1-32-9-3-2-4-14-10-16(26)6-8-19(14)33-13-34(21-12-18(30)23(35)31-22(21)32)24(36)17-7-5-15(11-20(17)33)25(27,28)29/h5-8,10-12H,2-4,9,13H2,1H3,(H,31,35). The van der Waals surface area contributed by atoms with Gasteiger partial charge in [-0.15, -0.1) is 0 Å². The van der Waals surface area contributed by atoms with Crippen LogP contribution in [0.2, 0.25) is 0 Å². The van der Waals surface area contributed by atoms with Crippen LogP contribution in [0, 0.1) is 9.39 Å². The molecule has 36 heavy (non-hydrogen) atoms. The molecule has 0 saturated carbocycles. The summed E-state index contributed by atoms with van der Waals surface area (Å²) in [5.74, 6) is -0.484. The van der Waals surface area contributed by atoms with E-state index in [4.69, 9.17) is 0 Å². The molecule has 2 aliphatic rings. The molecule has 188 valence electrons. The van der Waals surface area contributed by atoms with Gasteiger partial charge in [0.1, 0.15) is 18.3 Å². The van der Waals surface area contributed by atoms with Crippen molar-refractivity contribution in [1.82, 2.24) is 4.98 Å². The Kier molecular flexibility index (Phi) is 6.21. The first-order valence-electron chi connectivity index (χ1n) is 11.3. The summed E-state index contributed by atoms with van der Waals surface area (Å²) < 4.78 is 55.4. The van der Waals surface area contributed by atoms with Gasteiger partial charge < -0.3 is 14.8 Å². The Hall–Kier alpha value is -3.09. The molecule has 3 aromatic rings. The monoisotopic (exact) mass is 612 g/mol. The number of aromatic nitrogens is 1. The van der Waals surface area contributed by atoms with Crippen LogP contribution >= 0.6 is 22.6 Å². The zero-order valence-corrected chi connectivity index (χ0v) is 21.3. The summed E-state index contributed by atoms with van der Waals surface area (Å²) in [5, 5.41) is 0. The number of pyridine rings is 1. The van der Waals surface area contributed by atoms with Crippen LogP contribution in [0.25, 0.3) is 0 Å². The molecule has 3 heterocycles. The summed E-state index contributed by atoms with van der Waals surface area (Å²) in [6.07, 6.45) is -2.70. The number of aryl methyl sites for hydroxylation is 1. The molecule has 0 unspecified atom stereocenters. The van der Waals surface area contributed by atoms with Gasteiger partial charge in [-0.25, -0.2) is 4.39 Å². The highest BCUT2D eigenvalue weighted by Gasteiger charge is 2.38. The van der Waals surface area contributed by atoms with Crippen LogP contribution in [0.15, 0.2) is 47.3 Å². The van der Waals surface area contributed by atoms with E-state index < -0.39 is 23.5 Å². The van der Waals surface area contributed by atoms with E-state index in [2.05, 4.69) is 4.98 Å². The molecule has 0 spiro atoms. The van der Waals surface area contributed by atoms with Gasteiger partial charge in [0.2, 0.25) is 0 Å². The van der Waals surface area contributed by atoms with Crippen LogP contribution in [0.1, 0.15) is 34.3 Å². The molecule has 6 nitrogen and oxygen atoms in total. The number of rotatable bonds is 0. The average Bonchev–Trinajstić information content (AvgIpc) is 2.82. The molecule has 0 radical (unpaired) electrons. The van der Waals surface area contributed by atoms with E-state index in [0.717, 1.165) is 12.1 Å². The smallest absolute Gasteiger partial charge is 0.359 e. The summed E-state index contributed by atoms with van der Waals surface area (Å²) in [4.78, 5) is 33.9. The summed E-state index contributed by atoms with van der Waals surface area (Å²) in [5.41, 5.74) is 0.617. The summed E-state index contributed by atoms with van der Waals surface area (Å²) in [6, 6.07) is 8.83. The predicted octanol–water partition coefficient (Wildman–Crippen LogP) is 5.67. The lowest BCUT2D eigenvalue weighted by Gasteiger charge is -2.40. The third-order valence-electron chi connectivity index (χ3n) is 6.52. The Labute approximate surface area is 217 Å². The molecule has 0 fully saturated rings. The highest BCUT2D eigenvalue weighted by Crippen LogP contribution is 2.42. The summed E-state index contributed by atoms with van der Waals surface area (Å²) in [6.45, 7) is 0.459. The maximum atomic E-state index is 14.2. The molecule has 1 amide bonds. The first-order valence-corrected chi connectivity index (χ1v) is 12.4. The van der Waals surface area contributed by atoms with Crippen LogP contribution in [-0.2, 0) is 12.6 Å². The largest absolute Gasteiger partial charge is 0.416 e. The fraction of sp³-hybridized carbons (Fsp3) is 0.280. The van der Waals surface area contributed by atoms with E-state index in [-0.39, 0.29) is 23.5 Å². The number of fused-ring (bicyclic) bond motifs is 8. The lowest BCUT2D eigenvalue weighted by Crippen LogP contribution is -2.46. The number of carbonyl (C=O) groups is 1. The number of hydrogen-bond donors (Lipinski definition) is 1. The van der Waals surface area contributed by atoms with Crippen LogP contribution in [0.5, 0.6) is 0 Å². The number of benzene rings is 2. The van der Waals surface area contributed by atoms with Gasteiger partial charge in [-0.05, 0) is 89.9 Å².